The summed E-state index contributed by atoms with van der Waals surface area (Å²) in [6.07, 6.45) is -1.22. The molecule has 0 saturated carbocycles. The summed E-state index contributed by atoms with van der Waals surface area (Å²) in [4.78, 5) is 36.3. The maximum Gasteiger partial charge on any atom is 0.333 e. The number of ether oxygens (including phenoxy) is 3. The molecule has 0 fully saturated rings. The van der Waals surface area contributed by atoms with Gasteiger partial charge in [-0.1, -0.05) is 18.2 Å². The van der Waals surface area contributed by atoms with Crippen LogP contribution >= 0.6 is 0 Å². The summed E-state index contributed by atoms with van der Waals surface area (Å²) in [6, 6.07) is 10.5. The van der Waals surface area contributed by atoms with Crippen LogP contribution in [0.5, 0.6) is 5.75 Å². The number of hydrogen-bond acceptors (Lipinski definition) is 7. The molecule has 0 bridgehead atoms. The minimum absolute atomic E-state index is 0.00316. The third kappa shape index (κ3) is 11.5. The monoisotopic (exact) mass is 567 g/mol. The number of anilines is 1. The Morgan fingerprint density at radius 3 is 2.40 bits per heavy atom. The molecule has 1 unspecified atom stereocenters. The highest BCUT2D eigenvalue weighted by Gasteiger charge is 2.21. The number of carbonyl (C=O) groups excluding carboxylic acids is 1. The van der Waals surface area contributed by atoms with Crippen LogP contribution < -0.4 is 10.1 Å². The molecule has 0 saturated heterocycles. The highest BCUT2D eigenvalue weighted by Crippen LogP contribution is 2.23. The van der Waals surface area contributed by atoms with Crippen molar-refractivity contribution in [1.29, 1.82) is 0 Å². The van der Waals surface area contributed by atoms with Crippen LogP contribution in [0.25, 0.3) is 0 Å². The molecular weight excluding hydrogens is 532 g/mol. The van der Waals surface area contributed by atoms with Crippen molar-refractivity contribution in [3.63, 3.8) is 0 Å². The second-order valence-electron chi connectivity index (χ2n) is 9.09. The van der Waals surface area contributed by atoms with Crippen molar-refractivity contribution in [3.8, 4) is 5.75 Å². The van der Waals surface area contributed by atoms with Gasteiger partial charge in [0.15, 0.2) is 6.10 Å². The van der Waals surface area contributed by atoms with Gasteiger partial charge in [-0.15, -0.1) is 0 Å². The number of nitro groups is 1. The van der Waals surface area contributed by atoms with Crippen molar-refractivity contribution in [2.75, 3.05) is 44.8 Å². The van der Waals surface area contributed by atoms with E-state index in [0.717, 1.165) is 12.5 Å². The topological polar surface area (TPSA) is 140 Å². The molecule has 0 aliphatic heterocycles. The van der Waals surface area contributed by atoms with E-state index < -0.39 is 35.4 Å². The molecule has 2 rings (SSSR count). The van der Waals surface area contributed by atoms with E-state index in [1.165, 1.54) is 23.1 Å². The predicted octanol–water partition coefficient (Wildman–Crippen LogP) is 4.91. The van der Waals surface area contributed by atoms with Crippen molar-refractivity contribution in [1.82, 2.24) is 4.90 Å². The highest BCUT2D eigenvalue weighted by atomic mass is 19.3. The summed E-state index contributed by atoms with van der Waals surface area (Å²) >= 11 is 0. The van der Waals surface area contributed by atoms with Crippen LogP contribution in [0.15, 0.2) is 42.5 Å². The van der Waals surface area contributed by atoms with Crippen molar-refractivity contribution < 1.29 is 42.6 Å². The van der Waals surface area contributed by atoms with Gasteiger partial charge in [-0.25, -0.2) is 18.4 Å². The molecule has 2 N–H and O–H groups in total. The Labute approximate surface area is 231 Å². The van der Waals surface area contributed by atoms with Crippen LogP contribution in [0, 0.1) is 17.0 Å². The fraction of sp³-hybridized carbons (Fsp3) is 0.481. The van der Waals surface area contributed by atoms with Gasteiger partial charge in [0.1, 0.15) is 12.4 Å². The zero-order valence-corrected chi connectivity index (χ0v) is 22.7. The number of rotatable bonds is 17. The smallest absolute Gasteiger partial charge is 0.333 e. The highest BCUT2D eigenvalue weighted by molar-refractivity contribution is 5.89. The molecule has 0 heterocycles. The number of carboxylic acid groups (broad SMARTS) is 1. The summed E-state index contributed by atoms with van der Waals surface area (Å²) in [5.74, 6) is -3.42. The number of nitrogens with one attached hydrogen (secondary N) is 1. The number of carboxylic acids is 1. The second kappa shape index (κ2) is 15.7. The Morgan fingerprint density at radius 1 is 1.12 bits per heavy atom. The molecule has 40 heavy (non-hydrogen) atoms. The lowest BCUT2D eigenvalue weighted by atomic mass is 10.1. The summed E-state index contributed by atoms with van der Waals surface area (Å²) in [7, 11) is 0. The van der Waals surface area contributed by atoms with Crippen molar-refractivity contribution in [2.24, 2.45) is 0 Å². The zero-order valence-electron chi connectivity index (χ0n) is 22.7. The van der Waals surface area contributed by atoms with Gasteiger partial charge < -0.3 is 29.5 Å². The van der Waals surface area contributed by atoms with Crippen LogP contribution in [0.1, 0.15) is 31.4 Å². The number of aliphatic carboxylic acids is 1. The van der Waals surface area contributed by atoms with Gasteiger partial charge in [0.25, 0.3) is 5.69 Å². The van der Waals surface area contributed by atoms with Crippen LogP contribution in [-0.2, 0) is 20.7 Å². The van der Waals surface area contributed by atoms with Gasteiger partial charge in [-0.3, -0.25) is 10.1 Å². The van der Waals surface area contributed by atoms with Gasteiger partial charge in [-0.05, 0) is 44.5 Å². The minimum Gasteiger partial charge on any atom is -0.492 e. The molecule has 0 spiro atoms. The van der Waals surface area contributed by atoms with E-state index in [1.54, 1.807) is 38.1 Å². The predicted molar refractivity (Wildman–Crippen MR) is 143 cm³/mol. The van der Waals surface area contributed by atoms with Crippen LogP contribution in [0.3, 0.4) is 0 Å². The van der Waals surface area contributed by atoms with Crippen LogP contribution in [-0.4, -0.2) is 78.5 Å². The van der Waals surface area contributed by atoms with E-state index in [2.05, 4.69) is 5.32 Å². The Morgan fingerprint density at radius 2 is 1.80 bits per heavy atom. The Hall–Kier alpha value is -3.84. The van der Waals surface area contributed by atoms with E-state index in [9.17, 15) is 33.6 Å². The largest absolute Gasteiger partial charge is 0.492 e. The summed E-state index contributed by atoms with van der Waals surface area (Å²) in [5.41, 5.74) is 1.27. The molecule has 2 aromatic carbocycles. The molecule has 2 amide bonds. The van der Waals surface area contributed by atoms with Crippen molar-refractivity contribution in [2.45, 2.75) is 45.6 Å². The zero-order chi connectivity index (χ0) is 29.7. The van der Waals surface area contributed by atoms with Crippen LogP contribution in [0.4, 0.5) is 25.0 Å². The average molecular weight is 568 g/mol. The molecule has 0 aromatic heterocycles. The SMILES string of the molecule is CCOC(Cc1ccc(OCCN(CCOCCC(C)(F)F)C(=O)Nc2ccc(C)c([N+](=O)[O-])c2)cc1)C(=O)O. The first-order valence-electron chi connectivity index (χ1n) is 12.7. The Bertz CT molecular complexity index is 1130. The number of aryl methyl sites for hydroxylation is 1. The number of alkyl halides is 2. The van der Waals surface area contributed by atoms with Crippen LogP contribution in [0.2, 0.25) is 0 Å². The number of nitrogens with zero attached hydrogens (tertiary/aromatic N) is 2. The van der Waals surface area contributed by atoms with E-state index in [1.807, 2.05) is 0 Å². The normalized spacial score (nSPS) is 12.0. The molecule has 0 aliphatic carbocycles. The first kappa shape index (κ1) is 32.4. The Kier molecular flexibility index (Phi) is 12.7. The molecule has 0 radical (unpaired) electrons. The fourth-order valence-corrected chi connectivity index (χ4v) is 3.56. The molecule has 11 nitrogen and oxygen atoms in total. The van der Waals surface area contributed by atoms with Gasteiger partial charge >= 0.3 is 12.0 Å². The third-order valence-corrected chi connectivity index (χ3v) is 5.75. The van der Waals surface area contributed by atoms with Gasteiger partial charge in [-0.2, -0.15) is 0 Å². The maximum atomic E-state index is 13.0. The lowest BCUT2D eigenvalue weighted by Gasteiger charge is -2.23. The number of benzene rings is 2. The average Bonchev–Trinajstić information content (AvgIpc) is 2.88. The summed E-state index contributed by atoms with van der Waals surface area (Å²) < 4.78 is 42.3. The number of nitro benzene ring substituents is 1. The van der Waals surface area contributed by atoms with Gasteiger partial charge in [0.2, 0.25) is 5.92 Å². The Balaban J connectivity index is 1.99. The standard InChI is InChI=1S/C27H35F2N3O8/c1-4-39-24(25(33)34)17-20-6-9-22(10-7-20)40-16-13-31(12-15-38-14-11-27(3,28)29)26(35)30-21-8-5-19(2)23(18-21)32(36)37/h5-10,18,24H,4,11-17H2,1-3H3,(H,30,35)(H,33,34). The summed E-state index contributed by atoms with van der Waals surface area (Å²) in [5, 5.41) is 23.1. The van der Waals surface area contributed by atoms with E-state index in [4.69, 9.17) is 14.2 Å². The molecule has 1 atom stereocenters. The quantitative estimate of drug-likeness (QED) is 0.156. The van der Waals surface area contributed by atoms with Crippen molar-refractivity contribution in [3.05, 3.63) is 63.7 Å². The number of urea groups is 1. The molecule has 2 aromatic rings. The second-order valence-corrected chi connectivity index (χ2v) is 9.09. The molecule has 13 heteroatoms. The lowest BCUT2D eigenvalue weighted by Crippen LogP contribution is -2.40. The van der Waals surface area contributed by atoms with E-state index in [0.29, 0.717) is 11.3 Å². The number of carbonyl (C=O) groups is 2. The van der Waals surface area contributed by atoms with Crippen molar-refractivity contribution >= 4 is 23.4 Å². The minimum atomic E-state index is -2.86. The maximum absolute atomic E-state index is 13.0. The first-order chi connectivity index (χ1) is 18.9. The van der Waals surface area contributed by atoms with E-state index >= 15 is 0 Å². The van der Waals surface area contributed by atoms with Gasteiger partial charge in [0.05, 0.1) is 24.7 Å². The third-order valence-electron chi connectivity index (χ3n) is 5.75. The lowest BCUT2D eigenvalue weighted by molar-refractivity contribution is -0.385. The first-order valence-corrected chi connectivity index (χ1v) is 12.7. The molecule has 0 aliphatic rings. The number of halogens is 2. The summed E-state index contributed by atoms with van der Waals surface area (Å²) in [6.45, 7) is 4.42. The number of hydrogen-bond donors (Lipinski definition) is 2. The fourth-order valence-electron chi connectivity index (χ4n) is 3.56. The number of amides is 2. The molecular formula is C27H35F2N3O8. The van der Waals surface area contributed by atoms with Gasteiger partial charge in [0, 0.05) is 43.3 Å². The van der Waals surface area contributed by atoms with E-state index in [-0.39, 0.29) is 57.3 Å². The molecule has 220 valence electrons.